The summed E-state index contributed by atoms with van der Waals surface area (Å²) < 4.78 is 41.8. The van der Waals surface area contributed by atoms with E-state index in [2.05, 4.69) is 4.74 Å². The van der Waals surface area contributed by atoms with Crippen molar-refractivity contribution in [2.75, 3.05) is 7.11 Å². The molecule has 0 bridgehead atoms. The molecule has 0 aliphatic heterocycles. The molecule has 4 nitrogen and oxygen atoms in total. The predicted octanol–water partition coefficient (Wildman–Crippen LogP) is 5.27. The second-order valence-electron chi connectivity index (χ2n) is 5.67. The largest absolute Gasteiger partial charge is 0.513 e. The summed E-state index contributed by atoms with van der Waals surface area (Å²) in [5, 5.41) is 0. The standard InChI is InChI=1S/C19H20F2O4/c1-11-6-5-7-16(25-19(22)23-4)15(11)10-24-17-9-13(3)12(2)8-14(17)18(20)21/h5-9,18H,10H2,1-4H3. The van der Waals surface area contributed by atoms with Gasteiger partial charge in [0.1, 0.15) is 18.1 Å². The predicted molar refractivity (Wildman–Crippen MR) is 89.4 cm³/mol. The number of carbonyl (C=O) groups is 1. The van der Waals surface area contributed by atoms with Crippen molar-refractivity contribution in [3.63, 3.8) is 0 Å². The Morgan fingerprint density at radius 1 is 1.04 bits per heavy atom. The number of alkyl halides is 2. The molecule has 0 amide bonds. The molecule has 0 aliphatic rings. The molecule has 0 saturated heterocycles. The zero-order valence-electron chi connectivity index (χ0n) is 14.6. The highest BCUT2D eigenvalue weighted by atomic mass is 19.3. The van der Waals surface area contributed by atoms with Gasteiger partial charge in [-0.2, -0.15) is 0 Å². The number of benzene rings is 2. The van der Waals surface area contributed by atoms with E-state index in [1.807, 2.05) is 19.9 Å². The highest BCUT2D eigenvalue weighted by molar-refractivity contribution is 5.64. The summed E-state index contributed by atoms with van der Waals surface area (Å²) >= 11 is 0. The first-order valence-corrected chi connectivity index (χ1v) is 7.69. The van der Waals surface area contributed by atoms with Crippen LogP contribution in [0.3, 0.4) is 0 Å². The van der Waals surface area contributed by atoms with E-state index in [-0.39, 0.29) is 23.7 Å². The van der Waals surface area contributed by atoms with Gasteiger partial charge in [0.25, 0.3) is 6.43 Å². The molecule has 25 heavy (non-hydrogen) atoms. The minimum absolute atomic E-state index is 0.0127. The van der Waals surface area contributed by atoms with Crippen molar-refractivity contribution in [3.05, 3.63) is 58.1 Å². The third kappa shape index (κ3) is 4.47. The number of halogens is 2. The molecule has 0 saturated carbocycles. The van der Waals surface area contributed by atoms with E-state index in [1.54, 1.807) is 25.1 Å². The van der Waals surface area contributed by atoms with Gasteiger partial charge in [-0.3, -0.25) is 0 Å². The Hall–Kier alpha value is -2.63. The quantitative estimate of drug-likeness (QED) is 0.544. The number of methoxy groups -OCH3 is 1. The Morgan fingerprint density at radius 2 is 1.72 bits per heavy atom. The molecule has 6 heteroatoms. The van der Waals surface area contributed by atoms with Crippen LogP contribution in [0.25, 0.3) is 0 Å². The molecular weight excluding hydrogens is 330 g/mol. The summed E-state index contributed by atoms with van der Waals surface area (Å²) in [4.78, 5) is 11.4. The topological polar surface area (TPSA) is 44.8 Å². The van der Waals surface area contributed by atoms with Crippen LogP contribution in [0.1, 0.15) is 34.2 Å². The molecule has 0 spiro atoms. The fourth-order valence-corrected chi connectivity index (χ4v) is 2.34. The van der Waals surface area contributed by atoms with Gasteiger partial charge in [0.2, 0.25) is 0 Å². The first kappa shape index (κ1) is 18.7. The van der Waals surface area contributed by atoms with Crippen LogP contribution < -0.4 is 9.47 Å². The third-order valence-corrected chi connectivity index (χ3v) is 3.96. The van der Waals surface area contributed by atoms with Crippen molar-refractivity contribution in [1.29, 1.82) is 0 Å². The molecule has 0 N–H and O–H groups in total. The number of rotatable bonds is 5. The van der Waals surface area contributed by atoms with Gasteiger partial charge < -0.3 is 14.2 Å². The number of aryl methyl sites for hydroxylation is 3. The zero-order valence-corrected chi connectivity index (χ0v) is 14.6. The first-order chi connectivity index (χ1) is 11.8. The summed E-state index contributed by atoms with van der Waals surface area (Å²) in [7, 11) is 1.21. The van der Waals surface area contributed by atoms with Crippen molar-refractivity contribution >= 4 is 6.16 Å². The lowest BCUT2D eigenvalue weighted by atomic mass is 10.0. The van der Waals surface area contributed by atoms with Gasteiger partial charge in [-0.1, -0.05) is 12.1 Å². The highest BCUT2D eigenvalue weighted by Crippen LogP contribution is 2.33. The summed E-state index contributed by atoms with van der Waals surface area (Å²) in [6, 6.07) is 8.15. The maximum absolute atomic E-state index is 13.3. The number of carbonyl (C=O) groups excluding carboxylic acids is 1. The van der Waals surface area contributed by atoms with Crippen molar-refractivity contribution in [1.82, 2.24) is 0 Å². The smallest absolute Gasteiger partial charge is 0.488 e. The summed E-state index contributed by atoms with van der Waals surface area (Å²) in [5.74, 6) is 0.389. The van der Waals surface area contributed by atoms with E-state index in [9.17, 15) is 13.6 Å². The zero-order chi connectivity index (χ0) is 18.6. The van der Waals surface area contributed by atoms with Crippen molar-refractivity contribution in [2.45, 2.75) is 33.8 Å². The maximum Gasteiger partial charge on any atom is 0.513 e. The van der Waals surface area contributed by atoms with E-state index in [0.29, 0.717) is 5.56 Å². The molecule has 0 aromatic heterocycles. The fraction of sp³-hybridized carbons (Fsp3) is 0.316. The van der Waals surface area contributed by atoms with Gasteiger partial charge in [-0.25, -0.2) is 13.6 Å². The Kier molecular flexibility index (Phi) is 5.96. The van der Waals surface area contributed by atoms with Crippen LogP contribution in [0.5, 0.6) is 11.5 Å². The summed E-state index contributed by atoms with van der Waals surface area (Å²) in [6.07, 6.45) is -3.50. The Balaban J connectivity index is 2.30. The first-order valence-electron chi connectivity index (χ1n) is 7.69. The van der Waals surface area contributed by atoms with Gasteiger partial charge in [-0.15, -0.1) is 0 Å². The molecular formula is C19H20F2O4. The van der Waals surface area contributed by atoms with Crippen LogP contribution in [0.15, 0.2) is 30.3 Å². The minimum atomic E-state index is -2.64. The van der Waals surface area contributed by atoms with Crippen molar-refractivity contribution < 1.29 is 27.8 Å². The van der Waals surface area contributed by atoms with E-state index >= 15 is 0 Å². The van der Waals surface area contributed by atoms with E-state index in [4.69, 9.17) is 9.47 Å². The van der Waals surface area contributed by atoms with Crippen LogP contribution in [-0.2, 0) is 11.3 Å². The van der Waals surface area contributed by atoms with Crippen molar-refractivity contribution in [2.24, 2.45) is 0 Å². The molecule has 0 heterocycles. The van der Waals surface area contributed by atoms with E-state index < -0.39 is 12.6 Å². The van der Waals surface area contributed by atoms with Gasteiger partial charge in [0, 0.05) is 5.56 Å². The molecule has 134 valence electrons. The van der Waals surface area contributed by atoms with Gasteiger partial charge in [0.05, 0.1) is 12.7 Å². The van der Waals surface area contributed by atoms with Crippen molar-refractivity contribution in [3.8, 4) is 11.5 Å². The fourth-order valence-electron chi connectivity index (χ4n) is 2.34. The lowest BCUT2D eigenvalue weighted by Crippen LogP contribution is -2.11. The van der Waals surface area contributed by atoms with Crippen LogP contribution in [-0.4, -0.2) is 13.3 Å². The van der Waals surface area contributed by atoms with Crippen LogP contribution in [0.4, 0.5) is 13.6 Å². The molecule has 0 atom stereocenters. The minimum Gasteiger partial charge on any atom is -0.488 e. The number of hydrogen-bond donors (Lipinski definition) is 0. The van der Waals surface area contributed by atoms with Crippen LogP contribution in [0, 0.1) is 20.8 Å². The maximum atomic E-state index is 13.3. The molecule has 0 fully saturated rings. The Bertz CT molecular complexity index is 772. The van der Waals surface area contributed by atoms with Gasteiger partial charge >= 0.3 is 6.16 Å². The summed E-state index contributed by atoms with van der Waals surface area (Å²) in [6.45, 7) is 5.41. The molecule has 2 aromatic carbocycles. The SMILES string of the molecule is COC(=O)Oc1cccc(C)c1COc1cc(C)c(C)cc1C(F)F. The molecule has 0 aliphatic carbocycles. The van der Waals surface area contributed by atoms with Crippen LogP contribution in [0.2, 0.25) is 0 Å². The molecule has 0 unspecified atom stereocenters. The lowest BCUT2D eigenvalue weighted by Gasteiger charge is -2.16. The molecule has 2 aromatic rings. The third-order valence-electron chi connectivity index (χ3n) is 3.96. The summed E-state index contributed by atoms with van der Waals surface area (Å²) in [5.41, 5.74) is 2.87. The van der Waals surface area contributed by atoms with E-state index in [0.717, 1.165) is 16.7 Å². The van der Waals surface area contributed by atoms with Gasteiger partial charge in [-0.05, 0) is 55.7 Å². The monoisotopic (exact) mass is 350 g/mol. The normalized spacial score (nSPS) is 10.7. The Labute approximate surface area is 145 Å². The van der Waals surface area contributed by atoms with E-state index in [1.165, 1.54) is 13.2 Å². The second kappa shape index (κ2) is 7.96. The van der Waals surface area contributed by atoms with Gasteiger partial charge in [0.15, 0.2) is 0 Å². The molecule has 0 radical (unpaired) electrons. The number of hydrogen-bond acceptors (Lipinski definition) is 4. The average Bonchev–Trinajstić information content (AvgIpc) is 2.56. The molecule has 2 rings (SSSR count). The Morgan fingerprint density at radius 3 is 2.36 bits per heavy atom. The highest BCUT2D eigenvalue weighted by Gasteiger charge is 2.18. The van der Waals surface area contributed by atoms with Crippen LogP contribution >= 0.6 is 0 Å². The second-order valence-corrected chi connectivity index (χ2v) is 5.67. The lowest BCUT2D eigenvalue weighted by molar-refractivity contribution is 0.120. The number of ether oxygens (including phenoxy) is 3. The average molecular weight is 350 g/mol.